The molecule has 0 bridgehead atoms. The summed E-state index contributed by atoms with van der Waals surface area (Å²) in [6.45, 7) is 11.5. The average Bonchev–Trinajstić information content (AvgIpc) is 2.85. The van der Waals surface area contributed by atoms with E-state index in [4.69, 9.17) is 0 Å². The van der Waals surface area contributed by atoms with E-state index in [-0.39, 0.29) is 0 Å². The fourth-order valence-corrected chi connectivity index (χ4v) is 2.60. The molecule has 1 aliphatic rings. The van der Waals surface area contributed by atoms with E-state index >= 15 is 0 Å². The summed E-state index contributed by atoms with van der Waals surface area (Å²) in [5, 5.41) is 3.63. The number of hydrogen-bond acceptors (Lipinski definition) is 2. The largest absolute Gasteiger partial charge is 0.309 e. The Hall–Kier alpha value is -0.860. The van der Waals surface area contributed by atoms with Gasteiger partial charge in [0.2, 0.25) is 0 Å². The van der Waals surface area contributed by atoms with Gasteiger partial charge in [0.05, 0.1) is 0 Å². The lowest BCUT2D eigenvalue weighted by Crippen LogP contribution is -2.31. The molecule has 0 radical (unpaired) electrons. The molecule has 1 saturated heterocycles. The van der Waals surface area contributed by atoms with Crippen LogP contribution in [0, 0.1) is 13.8 Å². The van der Waals surface area contributed by atoms with Crippen LogP contribution in [0.5, 0.6) is 0 Å². The Morgan fingerprint density at radius 2 is 1.89 bits per heavy atom. The highest BCUT2D eigenvalue weighted by atomic mass is 15.1. The van der Waals surface area contributed by atoms with Crippen LogP contribution in [0.15, 0.2) is 18.2 Å². The van der Waals surface area contributed by atoms with Crippen molar-refractivity contribution in [1.29, 1.82) is 0 Å². The summed E-state index contributed by atoms with van der Waals surface area (Å²) in [7, 11) is 0. The first-order valence-electron chi connectivity index (χ1n) is 7.19. The third kappa shape index (κ3) is 3.56. The van der Waals surface area contributed by atoms with Crippen molar-refractivity contribution < 1.29 is 0 Å². The van der Waals surface area contributed by atoms with Crippen molar-refractivity contribution in [1.82, 2.24) is 10.2 Å². The Kier molecular flexibility index (Phi) is 4.79. The first-order chi connectivity index (χ1) is 8.66. The zero-order valence-corrected chi connectivity index (χ0v) is 12.0. The van der Waals surface area contributed by atoms with E-state index in [1.54, 1.807) is 0 Å². The number of rotatable bonds is 5. The minimum absolute atomic E-state index is 0.451. The van der Waals surface area contributed by atoms with Crippen LogP contribution in [0.1, 0.15) is 42.5 Å². The molecule has 1 unspecified atom stereocenters. The van der Waals surface area contributed by atoms with Crippen molar-refractivity contribution in [2.45, 2.75) is 39.7 Å². The standard InChI is InChI=1S/C16H26N2/c1-13-6-7-16(12-14(13)2)15(3)17-8-11-18-9-4-5-10-18/h6-7,12,15,17H,4-5,8-11H2,1-3H3. The second kappa shape index (κ2) is 6.35. The molecule has 2 nitrogen and oxygen atoms in total. The van der Waals surface area contributed by atoms with E-state index in [2.05, 4.69) is 49.2 Å². The number of nitrogens with zero attached hydrogens (tertiary/aromatic N) is 1. The van der Waals surface area contributed by atoms with E-state index in [9.17, 15) is 0 Å². The molecule has 0 aromatic heterocycles. The molecule has 0 spiro atoms. The highest BCUT2D eigenvalue weighted by Gasteiger charge is 2.11. The Morgan fingerprint density at radius 3 is 2.56 bits per heavy atom. The molecule has 0 aliphatic carbocycles. The summed E-state index contributed by atoms with van der Waals surface area (Å²) in [5.74, 6) is 0. The number of likely N-dealkylation sites (tertiary alicyclic amines) is 1. The normalized spacial score (nSPS) is 18.2. The van der Waals surface area contributed by atoms with E-state index < -0.39 is 0 Å². The van der Waals surface area contributed by atoms with Crippen molar-refractivity contribution in [3.05, 3.63) is 34.9 Å². The van der Waals surface area contributed by atoms with Gasteiger partial charge in [-0.05, 0) is 63.4 Å². The molecular formula is C16H26N2. The summed E-state index contributed by atoms with van der Waals surface area (Å²) in [5.41, 5.74) is 4.17. The molecule has 0 saturated carbocycles. The summed E-state index contributed by atoms with van der Waals surface area (Å²) in [6.07, 6.45) is 2.76. The topological polar surface area (TPSA) is 15.3 Å². The van der Waals surface area contributed by atoms with Crippen LogP contribution in [-0.2, 0) is 0 Å². The Bertz CT molecular complexity index is 381. The molecule has 1 atom stereocenters. The zero-order valence-electron chi connectivity index (χ0n) is 12.0. The van der Waals surface area contributed by atoms with Gasteiger partial charge in [0.15, 0.2) is 0 Å². The third-order valence-electron chi connectivity index (χ3n) is 4.11. The Labute approximate surface area is 111 Å². The number of nitrogens with one attached hydrogen (secondary N) is 1. The maximum absolute atomic E-state index is 3.63. The number of aryl methyl sites for hydroxylation is 2. The van der Waals surface area contributed by atoms with Crippen molar-refractivity contribution in [2.75, 3.05) is 26.2 Å². The molecule has 100 valence electrons. The number of hydrogen-bond donors (Lipinski definition) is 1. The SMILES string of the molecule is Cc1ccc(C(C)NCCN2CCCC2)cc1C. The molecule has 1 fully saturated rings. The minimum atomic E-state index is 0.451. The van der Waals surface area contributed by atoms with Crippen LogP contribution in [0.4, 0.5) is 0 Å². The van der Waals surface area contributed by atoms with Gasteiger partial charge in [0.25, 0.3) is 0 Å². The lowest BCUT2D eigenvalue weighted by atomic mass is 10.0. The molecule has 2 heteroatoms. The first kappa shape index (κ1) is 13.6. The molecule has 2 rings (SSSR count). The summed E-state index contributed by atoms with van der Waals surface area (Å²) < 4.78 is 0. The predicted molar refractivity (Wildman–Crippen MR) is 78.0 cm³/mol. The monoisotopic (exact) mass is 246 g/mol. The van der Waals surface area contributed by atoms with Gasteiger partial charge in [-0.3, -0.25) is 0 Å². The highest BCUT2D eigenvalue weighted by Crippen LogP contribution is 2.16. The van der Waals surface area contributed by atoms with Crippen LogP contribution in [-0.4, -0.2) is 31.1 Å². The van der Waals surface area contributed by atoms with Gasteiger partial charge in [-0.25, -0.2) is 0 Å². The molecule has 1 heterocycles. The molecule has 1 aromatic carbocycles. The second-order valence-corrected chi connectivity index (χ2v) is 5.57. The molecule has 1 aromatic rings. The van der Waals surface area contributed by atoms with Crippen LogP contribution in [0.3, 0.4) is 0 Å². The molecule has 0 amide bonds. The fraction of sp³-hybridized carbons (Fsp3) is 0.625. The average molecular weight is 246 g/mol. The maximum Gasteiger partial charge on any atom is 0.0292 e. The zero-order chi connectivity index (χ0) is 13.0. The van der Waals surface area contributed by atoms with Crippen LogP contribution in [0.25, 0.3) is 0 Å². The van der Waals surface area contributed by atoms with Gasteiger partial charge < -0.3 is 10.2 Å². The van der Waals surface area contributed by atoms with E-state index in [1.165, 1.54) is 49.2 Å². The van der Waals surface area contributed by atoms with Gasteiger partial charge >= 0.3 is 0 Å². The molecule has 18 heavy (non-hydrogen) atoms. The summed E-state index contributed by atoms with van der Waals surface area (Å²) in [6, 6.07) is 7.23. The smallest absolute Gasteiger partial charge is 0.0292 e. The summed E-state index contributed by atoms with van der Waals surface area (Å²) in [4.78, 5) is 2.56. The van der Waals surface area contributed by atoms with E-state index in [0.717, 1.165) is 6.54 Å². The van der Waals surface area contributed by atoms with Gasteiger partial charge in [0.1, 0.15) is 0 Å². The lowest BCUT2D eigenvalue weighted by Gasteiger charge is -2.19. The van der Waals surface area contributed by atoms with Crippen LogP contribution in [0.2, 0.25) is 0 Å². The molecule has 1 aliphatic heterocycles. The quantitative estimate of drug-likeness (QED) is 0.859. The van der Waals surface area contributed by atoms with Gasteiger partial charge in [-0.2, -0.15) is 0 Å². The Balaban J connectivity index is 1.79. The first-order valence-corrected chi connectivity index (χ1v) is 7.19. The number of benzene rings is 1. The second-order valence-electron chi connectivity index (χ2n) is 5.57. The van der Waals surface area contributed by atoms with Crippen LogP contribution < -0.4 is 5.32 Å². The maximum atomic E-state index is 3.63. The molecule has 1 N–H and O–H groups in total. The predicted octanol–water partition coefficient (Wildman–Crippen LogP) is 3.05. The van der Waals surface area contributed by atoms with Crippen molar-refractivity contribution in [3.63, 3.8) is 0 Å². The third-order valence-corrected chi connectivity index (χ3v) is 4.11. The van der Waals surface area contributed by atoms with Gasteiger partial charge in [-0.1, -0.05) is 18.2 Å². The summed E-state index contributed by atoms with van der Waals surface area (Å²) >= 11 is 0. The highest BCUT2D eigenvalue weighted by molar-refractivity contribution is 5.31. The Morgan fingerprint density at radius 1 is 1.17 bits per heavy atom. The lowest BCUT2D eigenvalue weighted by molar-refractivity contribution is 0.330. The van der Waals surface area contributed by atoms with Crippen molar-refractivity contribution in [2.24, 2.45) is 0 Å². The fourth-order valence-electron chi connectivity index (χ4n) is 2.60. The van der Waals surface area contributed by atoms with Gasteiger partial charge in [0, 0.05) is 19.1 Å². The molecular weight excluding hydrogens is 220 g/mol. The minimum Gasteiger partial charge on any atom is -0.309 e. The van der Waals surface area contributed by atoms with Crippen LogP contribution >= 0.6 is 0 Å². The van der Waals surface area contributed by atoms with E-state index in [0.29, 0.717) is 6.04 Å². The van der Waals surface area contributed by atoms with Crippen molar-refractivity contribution in [3.8, 4) is 0 Å². The van der Waals surface area contributed by atoms with Gasteiger partial charge in [-0.15, -0.1) is 0 Å². The van der Waals surface area contributed by atoms with Crippen molar-refractivity contribution >= 4 is 0 Å². The van der Waals surface area contributed by atoms with E-state index in [1.807, 2.05) is 0 Å².